The molecule has 0 amide bonds. The molecule has 0 radical (unpaired) electrons. The largest absolute Gasteiger partial charge is 0.330 e. The van der Waals surface area contributed by atoms with Crippen molar-refractivity contribution < 1.29 is 0 Å². The molecule has 2 N–H and O–H groups in total. The third-order valence-electron chi connectivity index (χ3n) is 3.62. The van der Waals surface area contributed by atoms with Crippen molar-refractivity contribution in [2.75, 3.05) is 6.54 Å². The Morgan fingerprint density at radius 3 is 2.74 bits per heavy atom. The van der Waals surface area contributed by atoms with Crippen LogP contribution in [0.5, 0.6) is 0 Å². The highest BCUT2D eigenvalue weighted by molar-refractivity contribution is 7.19. The lowest BCUT2D eigenvalue weighted by Gasteiger charge is -2.19. The van der Waals surface area contributed by atoms with E-state index in [1.165, 1.54) is 5.01 Å². The number of nitrogens with two attached hydrogens (primary N) is 1. The van der Waals surface area contributed by atoms with Crippen LogP contribution in [0.4, 0.5) is 0 Å². The Morgan fingerprint density at radius 2 is 2.11 bits per heavy atom. The summed E-state index contributed by atoms with van der Waals surface area (Å²) in [6.45, 7) is 5.32. The van der Waals surface area contributed by atoms with Gasteiger partial charge in [0.15, 0.2) is 0 Å². The minimum atomic E-state index is 0.682. The minimum absolute atomic E-state index is 0.682. The van der Waals surface area contributed by atoms with Crippen LogP contribution in [-0.4, -0.2) is 11.5 Å². The fourth-order valence-electron chi connectivity index (χ4n) is 2.40. The summed E-state index contributed by atoms with van der Waals surface area (Å²) in [5.41, 5.74) is 6.71. The van der Waals surface area contributed by atoms with Gasteiger partial charge in [-0.15, -0.1) is 11.3 Å². The molecule has 0 fully saturated rings. The molecule has 0 saturated carbocycles. The summed E-state index contributed by atoms with van der Waals surface area (Å²) >= 11 is 7.91. The zero-order valence-electron chi connectivity index (χ0n) is 11.5. The first-order chi connectivity index (χ1) is 9.11. The highest BCUT2D eigenvalue weighted by Gasteiger charge is 2.14. The average molecular weight is 297 g/mol. The maximum Gasteiger partial charge on any atom is 0.0939 e. The standard InChI is InChI=1S/C15H21ClN2S/c1-10(2)11(8-9-17)6-7-14-18-13-5-3-4-12(16)15(13)19-14/h3-5,10-11H,6-9,17H2,1-2H3. The van der Waals surface area contributed by atoms with E-state index in [2.05, 4.69) is 18.8 Å². The van der Waals surface area contributed by atoms with E-state index in [1.807, 2.05) is 18.2 Å². The van der Waals surface area contributed by atoms with Gasteiger partial charge in [0, 0.05) is 0 Å². The van der Waals surface area contributed by atoms with Crippen molar-refractivity contribution in [3.63, 3.8) is 0 Å². The number of rotatable bonds is 6. The van der Waals surface area contributed by atoms with Crippen LogP contribution < -0.4 is 5.73 Å². The SMILES string of the molecule is CC(C)C(CCN)CCc1nc2cccc(Cl)c2s1. The molecule has 2 rings (SSSR count). The fourth-order valence-corrected chi connectivity index (χ4v) is 3.67. The summed E-state index contributed by atoms with van der Waals surface area (Å²) in [4.78, 5) is 4.67. The molecule has 0 aliphatic heterocycles. The first-order valence-electron chi connectivity index (χ1n) is 6.85. The van der Waals surface area contributed by atoms with Crippen LogP contribution in [-0.2, 0) is 6.42 Å². The molecule has 0 aliphatic carbocycles. The van der Waals surface area contributed by atoms with Gasteiger partial charge in [0.05, 0.1) is 20.2 Å². The van der Waals surface area contributed by atoms with Crippen molar-refractivity contribution in [3.05, 3.63) is 28.2 Å². The van der Waals surface area contributed by atoms with E-state index in [-0.39, 0.29) is 0 Å². The lowest BCUT2D eigenvalue weighted by Crippen LogP contribution is -2.15. The number of aromatic nitrogens is 1. The molecule has 0 saturated heterocycles. The van der Waals surface area contributed by atoms with E-state index in [1.54, 1.807) is 11.3 Å². The summed E-state index contributed by atoms with van der Waals surface area (Å²) in [6.07, 6.45) is 3.29. The van der Waals surface area contributed by atoms with E-state index in [0.29, 0.717) is 11.8 Å². The Kier molecular flexibility index (Phi) is 5.20. The van der Waals surface area contributed by atoms with Gasteiger partial charge in [0.2, 0.25) is 0 Å². The van der Waals surface area contributed by atoms with Crippen molar-refractivity contribution in [1.29, 1.82) is 0 Å². The molecule has 1 unspecified atom stereocenters. The fraction of sp³-hybridized carbons (Fsp3) is 0.533. The van der Waals surface area contributed by atoms with Crippen molar-refractivity contribution in [2.24, 2.45) is 17.6 Å². The lowest BCUT2D eigenvalue weighted by molar-refractivity contribution is 0.341. The lowest BCUT2D eigenvalue weighted by atomic mass is 9.88. The molecule has 0 spiro atoms. The summed E-state index contributed by atoms with van der Waals surface area (Å²) in [5.74, 6) is 1.37. The number of benzene rings is 1. The molecule has 4 heteroatoms. The molecular formula is C15H21ClN2S. The third kappa shape index (κ3) is 3.68. The molecule has 2 nitrogen and oxygen atoms in total. The van der Waals surface area contributed by atoms with Gasteiger partial charge in [0.25, 0.3) is 0 Å². The van der Waals surface area contributed by atoms with Gasteiger partial charge in [-0.05, 0) is 49.8 Å². The van der Waals surface area contributed by atoms with Gasteiger partial charge in [-0.2, -0.15) is 0 Å². The van der Waals surface area contributed by atoms with E-state index < -0.39 is 0 Å². The van der Waals surface area contributed by atoms with Gasteiger partial charge >= 0.3 is 0 Å². The van der Waals surface area contributed by atoms with Crippen LogP contribution in [0.15, 0.2) is 18.2 Å². The number of hydrogen-bond acceptors (Lipinski definition) is 3. The van der Waals surface area contributed by atoms with Crippen molar-refractivity contribution >= 4 is 33.2 Å². The maximum atomic E-state index is 6.19. The first-order valence-corrected chi connectivity index (χ1v) is 8.05. The second kappa shape index (κ2) is 6.69. The Bertz CT molecular complexity index is 536. The summed E-state index contributed by atoms with van der Waals surface area (Å²) < 4.78 is 1.11. The minimum Gasteiger partial charge on any atom is -0.330 e. The second-order valence-corrected chi connectivity index (χ2v) is 6.81. The normalized spacial score (nSPS) is 13.3. The van der Waals surface area contributed by atoms with Crippen LogP contribution >= 0.6 is 22.9 Å². The van der Waals surface area contributed by atoms with Crippen molar-refractivity contribution in [2.45, 2.75) is 33.1 Å². The predicted molar refractivity (Wildman–Crippen MR) is 85.0 cm³/mol. The van der Waals surface area contributed by atoms with Crippen LogP contribution in [0.1, 0.15) is 31.7 Å². The summed E-state index contributed by atoms with van der Waals surface area (Å²) in [7, 11) is 0. The average Bonchev–Trinajstić information content (AvgIpc) is 2.78. The molecule has 104 valence electrons. The van der Waals surface area contributed by atoms with Crippen LogP contribution in [0, 0.1) is 11.8 Å². The summed E-state index contributed by atoms with van der Waals surface area (Å²) in [6, 6.07) is 5.91. The number of fused-ring (bicyclic) bond motifs is 1. The highest BCUT2D eigenvalue weighted by atomic mass is 35.5. The molecule has 2 aromatic rings. The van der Waals surface area contributed by atoms with E-state index in [9.17, 15) is 0 Å². The molecule has 1 atom stereocenters. The molecular weight excluding hydrogens is 276 g/mol. The summed E-state index contributed by atoms with van der Waals surface area (Å²) in [5, 5.41) is 1.99. The zero-order chi connectivity index (χ0) is 13.8. The number of aryl methyl sites for hydroxylation is 1. The number of nitrogens with zero attached hydrogens (tertiary/aromatic N) is 1. The molecule has 1 aromatic heterocycles. The first kappa shape index (κ1) is 14.8. The van der Waals surface area contributed by atoms with Gasteiger partial charge in [-0.25, -0.2) is 4.98 Å². The van der Waals surface area contributed by atoms with E-state index >= 15 is 0 Å². The predicted octanol–water partition coefficient (Wildman–Crippen LogP) is 4.50. The maximum absolute atomic E-state index is 6.19. The number of thiazole rings is 1. The zero-order valence-corrected chi connectivity index (χ0v) is 13.1. The van der Waals surface area contributed by atoms with Crippen molar-refractivity contribution in [3.8, 4) is 0 Å². The molecule has 1 aromatic carbocycles. The van der Waals surface area contributed by atoms with Gasteiger partial charge in [0.1, 0.15) is 0 Å². The molecule has 0 bridgehead atoms. The Labute approximate surface area is 124 Å². The van der Waals surface area contributed by atoms with Crippen LogP contribution in [0.3, 0.4) is 0 Å². The van der Waals surface area contributed by atoms with Gasteiger partial charge < -0.3 is 5.73 Å². The third-order valence-corrected chi connectivity index (χ3v) is 5.21. The Hall–Kier alpha value is -0.640. The van der Waals surface area contributed by atoms with Gasteiger partial charge in [-0.1, -0.05) is 31.5 Å². The number of hydrogen-bond donors (Lipinski definition) is 1. The van der Waals surface area contributed by atoms with Crippen LogP contribution in [0.2, 0.25) is 5.02 Å². The molecule has 19 heavy (non-hydrogen) atoms. The second-order valence-electron chi connectivity index (χ2n) is 5.32. The Morgan fingerprint density at radius 1 is 1.32 bits per heavy atom. The number of halogens is 1. The molecule has 1 heterocycles. The quantitative estimate of drug-likeness (QED) is 0.852. The monoisotopic (exact) mass is 296 g/mol. The smallest absolute Gasteiger partial charge is 0.0939 e. The topological polar surface area (TPSA) is 38.9 Å². The van der Waals surface area contributed by atoms with E-state index in [0.717, 1.165) is 41.0 Å². The van der Waals surface area contributed by atoms with E-state index in [4.69, 9.17) is 17.3 Å². The van der Waals surface area contributed by atoms with Crippen LogP contribution in [0.25, 0.3) is 10.2 Å². The Balaban J connectivity index is 2.07. The highest BCUT2D eigenvalue weighted by Crippen LogP contribution is 2.30. The van der Waals surface area contributed by atoms with Crippen molar-refractivity contribution in [1.82, 2.24) is 4.98 Å². The molecule has 0 aliphatic rings. The van der Waals surface area contributed by atoms with Gasteiger partial charge in [-0.3, -0.25) is 0 Å².